The normalized spacial score (nSPS) is 10.5. The molecule has 2 aromatic rings. The van der Waals surface area contributed by atoms with E-state index in [1.807, 2.05) is 11.4 Å². The molecule has 0 radical (unpaired) electrons. The van der Waals surface area contributed by atoms with Crippen LogP contribution >= 0.6 is 27.3 Å². The highest BCUT2D eigenvalue weighted by atomic mass is 79.9. The Morgan fingerprint density at radius 3 is 2.79 bits per heavy atom. The van der Waals surface area contributed by atoms with Gasteiger partial charge in [0.2, 0.25) is 0 Å². The third kappa shape index (κ3) is 3.33. The SMILES string of the molecule is CN(Cc1cc(Br)cs1)C(=O)c1ccn(C)c(=O)c1. The van der Waals surface area contributed by atoms with Gasteiger partial charge in [-0.3, -0.25) is 9.59 Å². The van der Waals surface area contributed by atoms with Crippen LogP contribution in [0.5, 0.6) is 0 Å². The second kappa shape index (κ2) is 5.71. The van der Waals surface area contributed by atoms with Gasteiger partial charge in [0.15, 0.2) is 0 Å². The summed E-state index contributed by atoms with van der Waals surface area (Å²) in [4.78, 5) is 26.4. The number of carbonyl (C=O) groups excluding carboxylic acids is 1. The summed E-state index contributed by atoms with van der Waals surface area (Å²) in [5.74, 6) is -0.151. The molecule has 2 heterocycles. The van der Waals surface area contributed by atoms with E-state index in [9.17, 15) is 9.59 Å². The average molecular weight is 341 g/mol. The Kier molecular flexibility index (Phi) is 4.21. The summed E-state index contributed by atoms with van der Waals surface area (Å²) < 4.78 is 2.45. The summed E-state index contributed by atoms with van der Waals surface area (Å²) >= 11 is 4.97. The summed E-state index contributed by atoms with van der Waals surface area (Å²) in [7, 11) is 3.39. The number of nitrogens with zero attached hydrogens (tertiary/aromatic N) is 2. The fourth-order valence-corrected chi connectivity index (χ4v) is 3.15. The van der Waals surface area contributed by atoms with E-state index in [-0.39, 0.29) is 11.5 Å². The first kappa shape index (κ1) is 14.0. The fourth-order valence-electron chi connectivity index (χ4n) is 1.64. The molecular weight excluding hydrogens is 328 g/mol. The van der Waals surface area contributed by atoms with Crippen LogP contribution in [0.25, 0.3) is 0 Å². The molecule has 0 unspecified atom stereocenters. The van der Waals surface area contributed by atoms with Gasteiger partial charge in [0.25, 0.3) is 11.5 Å². The Morgan fingerprint density at radius 2 is 2.21 bits per heavy atom. The molecule has 6 heteroatoms. The van der Waals surface area contributed by atoms with Crippen molar-refractivity contribution < 1.29 is 4.79 Å². The molecule has 0 saturated heterocycles. The molecule has 0 aromatic carbocycles. The predicted molar refractivity (Wildman–Crippen MR) is 79.5 cm³/mol. The van der Waals surface area contributed by atoms with Crippen molar-refractivity contribution in [1.82, 2.24) is 9.47 Å². The number of rotatable bonds is 3. The van der Waals surface area contributed by atoms with Crippen molar-refractivity contribution in [3.8, 4) is 0 Å². The van der Waals surface area contributed by atoms with Crippen molar-refractivity contribution in [2.24, 2.45) is 7.05 Å². The summed E-state index contributed by atoms with van der Waals surface area (Å²) in [6, 6.07) is 5.01. The van der Waals surface area contributed by atoms with Gasteiger partial charge < -0.3 is 9.47 Å². The first-order valence-electron chi connectivity index (χ1n) is 5.62. The molecule has 2 aromatic heterocycles. The first-order chi connectivity index (χ1) is 8.97. The molecule has 0 atom stereocenters. The second-order valence-electron chi connectivity index (χ2n) is 4.26. The van der Waals surface area contributed by atoms with E-state index in [2.05, 4.69) is 15.9 Å². The number of pyridine rings is 1. The Labute approximate surface area is 123 Å². The van der Waals surface area contributed by atoms with Crippen LogP contribution in [0.3, 0.4) is 0 Å². The zero-order valence-electron chi connectivity index (χ0n) is 10.6. The van der Waals surface area contributed by atoms with Crippen molar-refractivity contribution in [3.63, 3.8) is 0 Å². The van der Waals surface area contributed by atoms with Crippen molar-refractivity contribution in [2.75, 3.05) is 7.05 Å². The van der Waals surface area contributed by atoms with Gasteiger partial charge in [-0.15, -0.1) is 11.3 Å². The molecule has 0 bridgehead atoms. The van der Waals surface area contributed by atoms with E-state index in [1.165, 1.54) is 10.6 Å². The topological polar surface area (TPSA) is 42.3 Å². The van der Waals surface area contributed by atoms with Crippen LogP contribution in [-0.2, 0) is 13.6 Å². The van der Waals surface area contributed by atoms with Crippen LogP contribution in [0.2, 0.25) is 0 Å². The fraction of sp³-hybridized carbons (Fsp3) is 0.231. The minimum atomic E-state index is -0.182. The molecule has 4 nitrogen and oxygen atoms in total. The Bertz CT molecular complexity index is 663. The molecule has 0 N–H and O–H groups in total. The summed E-state index contributed by atoms with van der Waals surface area (Å²) in [5.41, 5.74) is 0.235. The van der Waals surface area contributed by atoms with Gasteiger partial charge in [-0.05, 0) is 28.1 Å². The summed E-state index contributed by atoms with van der Waals surface area (Å²) in [6.07, 6.45) is 1.60. The van der Waals surface area contributed by atoms with Crippen LogP contribution in [0.4, 0.5) is 0 Å². The van der Waals surface area contributed by atoms with E-state index < -0.39 is 0 Å². The van der Waals surface area contributed by atoms with Gasteiger partial charge in [0.1, 0.15) is 0 Å². The van der Waals surface area contributed by atoms with Gasteiger partial charge in [-0.2, -0.15) is 0 Å². The van der Waals surface area contributed by atoms with E-state index in [4.69, 9.17) is 0 Å². The summed E-state index contributed by atoms with van der Waals surface area (Å²) in [5, 5.41) is 1.98. The van der Waals surface area contributed by atoms with E-state index >= 15 is 0 Å². The van der Waals surface area contributed by atoms with Crippen molar-refractivity contribution >= 4 is 33.2 Å². The molecule has 0 fully saturated rings. The zero-order valence-corrected chi connectivity index (χ0v) is 13.0. The van der Waals surface area contributed by atoms with Crippen molar-refractivity contribution in [1.29, 1.82) is 0 Å². The highest BCUT2D eigenvalue weighted by Crippen LogP contribution is 2.21. The smallest absolute Gasteiger partial charge is 0.254 e. The van der Waals surface area contributed by atoms with Gasteiger partial charge in [0, 0.05) is 46.7 Å². The van der Waals surface area contributed by atoms with E-state index in [0.717, 1.165) is 9.35 Å². The first-order valence-corrected chi connectivity index (χ1v) is 7.29. The summed E-state index contributed by atoms with van der Waals surface area (Å²) in [6.45, 7) is 0.532. The van der Waals surface area contributed by atoms with Gasteiger partial charge in [0.05, 0.1) is 6.54 Å². The number of hydrogen-bond donors (Lipinski definition) is 0. The lowest BCUT2D eigenvalue weighted by Gasteiger charge is -2.16. The molecular formula is C13H13BrN2O2S. The molecule has 1 amide bonds. The quantitative estimate of drug-likeness (QED) is 0.861. The maximum absolute atomic E-state index is 12.2. The van der Waals surface area contributed by atoms with Gasteiger partial charge in [-0.1, -0.05) is 0 Å². The number of amides is 1. The Hall–Kier alpha value is -1.40. The number of carbonyl (C=O) groups is 1. The van der Waals surface area contributed by atoms with Crippen LogP contribution in [0.15, 0.2) is 39.0 Å². The van der Waals surface area contributed by atoms with Gasteiger partial charge in [-0.25, -0.2) is 0 Å². The molecule has 19 heavy (non-hydrogen) atoms. The van der Waals surface area contributed by atoms with Crippen LogP contribution in [-0.4, -0.2) is 22.4 Å². The Morgan fingerprint density at radius 1 is 1.47 bits per heavy atom. The standard InChI is InChI=1S/C13H13BrN2O2S/c1-15-4-3-9(5-12(15)17)13(18)16(2)7-11-6-10(14)8-19-11/h3-6,8H,7H2,1-2H3. The molecule has 100 valence electrons. The van der Waals surface area contributed by atoms with E-state index in [0.29, 0.717) is 12.1 Å². The second-order valence-corrected chi connectivity index (χ2v) is 6.17. The highest BCUT2D eigenvalue weighted by Gasteiger charge is 2.13. The third-order valence-corrected chi connectivity index (χ3v) is 4.40. The van der Waals surface area contributed by atoms with Crippen molar-refractivity contribution in [3.05, 3.63) is 55.0 Å². The minimum Gasteiger partial charge on any atom is -0.337 e. The molecule has 0 saturated carbocycles. The Balaban J connectivity index is 2.14. The molecule has 2 rings (SSSR count). The van der Waals surface area contributed by atoms with Crippen LogP contribution < -0.4 is 5.56 Å². The maximum atomic E-state index is 12.2. The zero-order chi connectivity index (χ0) is 14.0. The minimum absolute atomic E-state index is 0.151. The van der Waals surface area contributed by atoms with Gasteiger partial charge >= 0.3 is 0 Å². The molecule has 0 spiro atoms. The number of aromatic nitrogens is 1. The lowest BCUT2D eigenvalue weighted by atomic mass is 10.2. The number of aryl methyl sites for hydroxylation is 1. The predicted octanol–water partition coefficient (Wildman–Crippen LogP) is 2.48. The van der Waals surface area contributed by atoms with Crippen molar-refractivity contribution in [2.45, 2.75) is 6.54 Å². The maximum Gasteiger partial charge on any atom is 0.254 e. The molecule has 0 aliphatic heterocycles. The number of halogens is 1. The number of hydrogen-bond acceptors (Lipinski definition) is 3. The lowest BCUT2D eigenvalue weighted by Crippen LogP contribution is -2.27. The monoisotopic (exact) mass is 340 g/mol. The molecule has 0 aliphatic carbocycles. The van der Waals surface area contributed by atoms with E-state index in [1.54, 1.807) is 42.6 Å². The largest absolute Gasteiger partial charge is 0.337 e. The number of thiophene rings is 1. The highest BCUT2D eigenvalue weighted by molar-refractivity contribution is 9.10. The van der Waals surface area contributed by atoms with Crippen LogP contribution in [0.1, 0.15) is 15.2 Å². The molecule has 0 aliphatic rings. The van der Waals surface area contributed by atoms with Crippen LogP contribution in [0, 0.1) is 0 Å². The third-order valence-electron chi connectivity index (χ3n) is 2.71. The lowest BCUT2D eigenvalue weighted by molar-refractivity contribution is 0.0786. The average Bonchev–Trinajstić information content (AvgIpc) is 2.77.